The molecule has 0 N–H and O–H groups in total. The third-order valence-corrected chi connectivity index (χ3v) is 2.99. The fourth-order valence-electron chi connectivity index (χ4n) is 1.75. The highest BCUT2D eigenvalue weighted by Crippen LogP contribution is 2.10. The predicted molar refractivity (Wildman–Crippen MR) is 72.1 cm³/mol. The molecular formula is C14H25ClO. The van der Waals surface area contributed by atoms with Crippen molar-refractivity contribution in [2.24, 2.45) is 0 Å². The van der Waals surface area contributed by atoms with Gasteiger partial charge in [-0.15, -0.1) is 11.6 Å². The van der Waals surface area contributed by atoms with E-state index in [1.165, 1.54) is 57.8 Å². The molecule has 0 atom stereocenters. The molecule has 0 saturated carbocycles. The van der Waals surface area contributed by atoms with Gasteiger partial charge in [0.2, 0.25) is 0 Å². The summed E-state index contributed by atoms with van der Waals surface area (Å²) in [5.74, 6) is 0.814. The summed E-state index contributed by atoms with van der Waals surface area (Å²) in [6.07, 6.45) is 17.2. The van der Waals surface area contributed by atoms with Crippen molar-refractivity contribution in [3.63, 3.8) is 0 Å². The lowest BCUT2D eigenvalue weighted by Gasteiger charge is -2.00. The lowest BCUT2D eigenvalue weighted by Crippen LogP contribution is -1.82. The first kappa shape index (κ1) is 15.7. The Labute approximate surface area is 105 Å². The van der Waals surface area contributed by atoms with Crippen LogP contribution in [0.4, 0.5) is 0 Å². The van der Waals surface area contributed by atoms with E-state index in [-0.39, 0.29) is 0 Å². The molecule has 0 aromatic heterocycles. The van der Waals surface area contributed by atoms with Gasteiger partial charge >= 0.3 is 0 Å². The maximum atomic E-state index is 9.99. The smallest absolute Gasteiger partial charge is 0.142 e. The molecule has 0 heterocycles. The Morgan fingerprint density at radius 1 is 0.750 bits per heavy atom. The van der Waals surface area contributed by atoms with Crippen LogP contribution in [0.3, 0.4) is 0 Å². The first-order valence-corrected chi connectivity index (χ1v) is 7.11. The van der Waals surface area contributed by atoms with Crippen LogP contribution in [0.2, 0.25) is 0 Å². The van der Waals surface area contributed by atoms with E-state index < -0.39 is 0 Å². The zero-order valence-corrected chi connectivity index (χ0v) is 11.1. The average Bonchev–Trinajstić information content (AvgIpc) is 2.31. The Hall–Kier alpha value is -0.300. The molecule has 1 nitrogen and oxygen atoms in total. The molecule has 2 heteroatoms. The number of alkyl halides is 1. The van der Waals surface area contributed by atoms with E-state index in [2.05, 4.69) is 0 Å². The number of halogens is 1. The molecular weight excluding hydrogens is 220 g/mol. The first-order chi connectivity index (χ1) is 7.91. The molecule has 0 aromatic carbocycles. The molecule has 0 aliphatic rings. The van der Waals surface area contributed by atoms with Crippen LogP contribution in [-0.2, 0) is 4.79 Å². The summed E-state index contributed by atoms with van der Waals surface area (Å²) in [7, 11) is 0. The summed E-state index contributed by atoms with van der Waals surface area (Å²) in [6, 6.07) is 0. The van der Waals surface area contributed by atoms with Crippen LogP contribution in [0, 0.1) is 0 Å². The van der Waals surface area contributed by atoms with Crippen molar-refractivity contribution in [1.29, 1.82) is 0 Å². The number of allylic oxidation sites excluding steroid dienone is 2. The minimum absolute atomic E-state index is 0.814. The summed E-state index contributed by atoms with van der Waals surface area (Å²) in [5.41, 5.74) is 0. The zero-order chi connectivity index (χ0) is 11.9. The molecule has 16 heavy (non-hydrogen) atoms. The zero-order valence-electron chi connectivity index (χ0n) is 10.3. The largest absolute Gasteiger partial charge is 0.299 e. The van der Waals surface area contributed by atoms with E-state index in [4.69, 9.17) is 11.6 Å². The monoisotopic (exact) mass is 244 g/mol. The van der Waals surface area contributed by atoms with E-state index in [0.717, 1.165) is 18.6 Å². The molecule has 0 aromatic rings. The van der Waals surface area contributed by atoms with Crippen LogP contribution < -0.4 is 0 Å². The van der Waals surface area contributed by atoms with Crippen LogP contribution in [0.1, 0.15) is 64.2 Å². The number of unbranched alkanes of at least 4 members (excludes halogenated alkanes) is 9. The average molecular weight is 245 g/mol. The van der Waals surface area contributed by atoms with Gasteiger partial charge in [0.1, 0.15) is 6.29 Å². The second-order valence-electron chi connectivity index (χ2n) is 4.22. The highest BCUT2D eigenvalue weighted by molar-refractivity contribution is 6.17. The second kappa shape index (κ2) is 14.7. The van der Waals surface area contributed by atoms with Gasteiger partial charge in [0.05, 0.1) is 0 Å². The van der Waals surface area contributed by atoms with Crippen LogP contribution in [0.25, 0.3) is 0 Å². The van der Waals surface area contributed by atoms with Crippen LogP contribution in [0.15, 0.2) is 12.2 Å². The maximum Gasteiger partial charge on any atom is 0.142 e. The number of hydrogen-bond donors (Lipinski definition) is 0. The number of carbonyl (C=O) groups is 1. The molecule has 0 fully saturated rings. The number of hydrogen-bond acceptors (Lipinski definition) is 1. The molecule has 0 spiro atoms. The van der Waals surface area contributed by atoms with E-state index in [1.54, 1.807) is 6.08 Å². The third kappa shape index (κ3) is 13.7. The molecule has 0 aliphatic heterocycles. The quantitative estimate of drug-likeness (QED) is 0.207. The molecule has 0 radical (unpaired) electrons. The Bertz CT molecular complexity index is 166. The molecule has 0 amide bonds. The number of carbonyl (C=O) groups excluding carboxylic acids is 1. The Morgan fingerprint density at radius 2 is 1.25 bits per heavy atom. The topological polar surface area (TPSA) is 17.1 Å². The van der Waals surface area contributed by atoms with Gasteiger partial charge in [0.15, 0.2) is 0 Å². The van der Waals surface area contributed by atoms with Crippen molar-refractivity contribution in [2.45, 2.75) is 64.2 Å². The van der Waals surface area contributed by atoms with Crippen molar-refractivity contribution in [1.82, 2.24) is 0 Å². The van der Waals surface area contributed by atoms with Crippen molar-refractivity contribution in [3.8, 4) is 0 Å². The van der Waals surface area contributed by atoms with Crippen molar-refractivity contribution in [2.75, 3.05) is 5.88 Å². The molecule has 0 saturated heterocycles. The van der Waals surface area contributed by atoms with E-state index in [0.29, 0.717) is 0 Å². The summed E-state index contributed by atoms with van der Waals surface area (Å²) in [5, 5.41) is 0. The van der Waals surface area contributed by atoms with Gasteiger partial charge in [-0.2, -0.15) is 0 Å². The van der Waals surface area contributed by atoms with Crippen LogP contribution in [0.5, 0.6) is 0 Å². The minimum atomic E-state index is 0.814. The van der Waals surface area contributed by atoms with Crippen LogP contribution in [-0.4, -0.2) is 12.2 Å². The van der Waals surface area contributed by atoms with E-state index >= 15 is 0 Å². The van der Waals surface area contributed by atoms with Gasteiger partial charge in [-0.25, -0.2) is 0 Å². The standard InChI is InChI=1S/C14H25ClO/c15-13-11-9-7-5-3-1-2-4-6-8-10-12-14-16/h10,12,14H,1-9,11,13H2/b12-10+. The van der Waals surface area contributed by atoms with Crippen molar-refractivity contribution < 1.29 is 4.79 Å². The van der Waals surface area contributed by atoms with E-state index in [1.807, 2.05) is 6.08 Å². The molecule has 94 valence electrons. The molecule has 0 rings (SSSR count). The predicted octanol–water partition coefficient (Wildman–Crippen LogP) is 4.88. The fourth-order valence-corrected chi connectivity index (χ4v) is 1.93. The Morgan fingerprint density at radius 3 is 1.75 bits per heavy atom. The number of aldehydes is 1. The van der Waals surface area contributed by atoms with Gasteiger partial charge in [0, 0.05) is 5.88 Å². The van der Waals surface area contributed by atoms with Gasteiger partial charge in [-0.1, -0.05) is 51.0 Å². The van der Waals surface area contributed by atoms with E-state index in [9.17, 15) is 4.79 Å². The van der Waals surface area contributed by atoms with Gasteiger partial charge in [-0.05, 0) is 25.3 Å². The molecule has 0 unspecified atom stereocenters. The summed E-state index contributed by atoms with van der Waals surface area (Å²) >= 11 is 5.61. The van der Waals surface area contributed by atoms with Gasteiger partial charge in [-0.3, -0.25) is 4.79 Å². The maximum absolute atomic E-state index is 9.99. The normalized spacial score (nSPS) is 11.1. The first-order valence-electron chi connectivity index (χ1n) is 6.58. The SMILES string of the molecule is O=C/C=C/CCCCCCCCCCCCl. The lowest BCUT2D eigenvalue weighted by atomic mass is 10.1. The Balaban J connectivity index is 2.93. The van der Waals surface area contributed by atoms with Gasteiger partial charge in [0.25, 0.3) is 0 Å². The fraction of sp³-hybridized carbons (Fsp3) is 0.786. The highest BCUT2D eigenvalue weighted by Gasteiger charge is 1.91. The lowest BCUT2D eigenvalue weighted by molar-refractivity contribution is -0.104. The molecule has 0 aliphatic carbocycles. The highest BCUT2D eigenvalue weighted by atomic mass is 35.5. The van der Waals surface area contributed by atoms with Crippen molar-refractivity contribution in [3.05, 3.63) is 12.2 Å². The minimum Gasteiger partial charge on any atom is -0.299 e. The summed E-state index contributed by atoms with van der Waals surface area (Å²) < 4.78 is 0. The summed E-state index contributed by atoms with van der Waals surface area (Å²) in [4.78, 5) is 9.99. The second-order valence-corrected chi connectivity index (χ2v) is 4.60. The van der Waals surface area contributed by atoms with Crippen LogP contribution >= 0.6 is 11.6 Å². The van der Waals surface area contributed by atoms with Gasteiger partial charge < -0.3 is 0 Å². The Kier molecular flexibility index (Phi) is 14.4. The third-order valence-electron chi connectivity index (χ3n) is 2.72. The van der Waals surface area contributed by atoms with Crippen molar-refractivity contribution >= 4 is 17.9 Å². The molecule has 0 bridgehead atoms. The number of rotatable bonds is 12. The summed E-state index contributed by atoms with van der Waals surface area (Å²) in [6.45, 7) is 0.